The zero-order chi connectivity index (χ0) is 16.1. The molecule has 0 bridgehead atoms. The normalized spacial score (nSPS) is 32.2. The van der Waals surface area contributed by atoms with Crippen molar-refractivity contribution in [3.8, 4) is 0 Å². The van der Waals surface area contributed by atoms with Crippen molar-refractivity contribution in [3.05, 3.63) is 39.9 Å². The molecule has 7 heteroatoms. The molecule has 2 fully saturated rings. The van der Waals surface area contributed by atoms with Crippen LogP contribution in [0.5, 0.6) is 0 Å². The summed E-state index contributed by atoms with van der Waals surface area (Å²) in [4.78, 5) is 16.0. The maximum atomic E-state index is 11.1. The molecular formula is C15H20N2O5. The number of non-ortho nitro benzene ring substituents is 1. The zero-order valence-electron chi connectivity index (χ0n) is 12.9. The molecule has 2 saturated heterocycles. The standard InChI is InChI=1S/C15H20N2O5/c1-14(2,3)16-13-10(9-22-16)8-21-15(13,18)11-4-6-12(7-5-11)17(19)20/h4-7,10,13,18H,8-9H2,1-3H3/t10-,13-,15-/m0/s1. The topological polar surface area (TPSA) is 85.1 Å². The smallest absolute Gasteiger partial charge is 0.269 e. The Morgan fingerprint density at radius 3 is 2.50 bits per heavy atom. The molecule has 1 aromatic carbocycles. The summed E-state index contributed by atoms with van der Waals surface area (Å²) in [6.07, 6.45) is 0. The van der Waals surface area contributed by atoms with Crippen molar-refractivity contribution in [2.75, 3.05) is 13.2 Å². The molecule has 0 radical (unpaired) electrons. The Balaban J connectivity index is 1.96. The fraction of sp³-hybridized carbons (Fsp3) is 0.600. The summed E-state index contributed by atoms with van der Waals surface area (Å²) in [6.45, 7) is 6.90. The fourth-order valence-corrected chi connectivity index (χ4v) is 3.16. The van der Waals surface area contributed by atoms with Gasteiger partial charge in [-0.1, -0.05) is 0 Å². The summed E-state index contributed by atoms with van der Waals surface area (Å²) in [6, 6.07) is 5.50. The second-order valence-electron chi connectivity index (χ2n) is 6.81. The first-order valence-electron chi connectivity index (χ1n) is 7.27. The molecule has 1 N–H and O–H groups in total. The van der Waals surface area contributed by atoms with Gasteiger partial charge in [-0.25, -0.2) is 0 Å². The van der Waals surface area contributed by atoms with Gasteiger partial charge in [-0.05, 0) is 32.9 Å². The number of aliphatic hydroxyl groups is 1. The van der Waals surface area contributed by atoms with Crippen LogP contribution in [0.1, 0.15) is 26.3 Å². The van der Waals surface area contributed by atoms with Gasteiger partial charge in [0.05, 0.1) is 18.1 Å². The third-order valence-electron chi connectivity index (χ3n) is 4.20. The molecule has 120 valence electrons. The van der Waals surface area contributed by atoms with Crippen molar-refractivity contribution in [2.24, 2.45) is 5.92 Å². The molecule has 1 aromatic rings. The number of hydrogen-bond acceptors (Lipinski definition) is 6. The van der Waals surface area contributed by atoms with E-state index in [9.17, 15) is 15.2 Å². The zero-order valence-corrected chi connectivity index (χ0v) is 12.9. The van der Waals surface area contributed by atoms with E-state index in [2.05, 4.69) is 0 Å². The Bertz CT molecular complexity index is 583. The number of nitro benzene ring substituents is 1. The van der Waals surface area contributed by atoms with Crippen LogP contribution in [0, 0.1) is 16.0 Å². The van der Waals surface area contributed by atoms with Gasteiger partial charge < -0.3 is 9.84 Å². The van der Waals surface area contributed by atoms with Crippen LogP contribution in [-0.2, 0) is 15.4 Å². The molecular weight excluding hydrogens is 288 g/mol. The number of hydrogen-bond donors (Lipinski definition) is 1. The van der Waals surface area contributed by atoms with E-state index < -0.39 is 10.7 Å². The third-order valence-corrected chi connectivity index (χ3v) is 4.20. The fourth-order valence-electron chi connectivity index (χ4n) is 3.16. The van der Waals surface area contributed by atoms with E-state index >= 15 is 0 Å². The van der Waals surface area contributed by atoms with Gasteiger partial charge in [0, 0.05) is 29.2 Å². The predicted octanol–water partition coefficient (Wildman–Crippen LogP) is 1.80. The SMILES string of the molecule is CC(C)(C)N1OC[C@@H]2CO[C@@](O)(c3ccc([N+](=O)[O-])cc3)[C@H]21. The van der Waals surface area contributed by atoms with Gasteiger partial charge in [0.15, 0.2) is 0 Å². The molecule has 2 aliphatic rings. The molecule has 2 heterocycles. The largest absolute Gasteiger partial charge is 0.360 e. The van der Waals surface area contributed by atoms with Gasteiger partial charge in [-0.15, -0.1) is 0 Å². The summed E-state index contributed by atoms with van der Waals surface area (Å²) in [5, 5.41) is 23.6. The maximum absolute atomic E-state index is 11.1. The molecule has 0 saturated carbocycles. The van der Waals surface area contributed by atoms with Gasteiger partial charge >= 0.3 is 0 Å². The van der Waals surface area contributed by atoms with Gasteiger partial charge in [0.1, 0.15) is 6.04 Å². The number of benzene rings is 1. The van der Waals surface area contributed by atoms with Gasteiger partial charge in [-0.2, -0.15) is 5.06 Å². The van der Waals surface area contributed by atoms with Crippen LogP contribution in [0.2, 0.25) is 0 Å². The van der Waals surface area contributed by atoms with E-state index in [0.29, 0.717) is 18.8 Å². The van der Waals surface area contributed by atoms with Crippen molar-refractivity contribution in [1.29, 1.82) is 0 Å². The van der Waals surface area contributed by atoms with Crippen molar-refractivity contribution < 1.29 is 19.6 Å². The lowest BCUT2D eigenvalue weighted by molar-refractivity contribution is -0.384. The third kappa shape index (κ3) is 2.30. The molecule has 3 rings (SSSR count). The first-order valence-corrected chi connectivity index (χ1v) is 7.27. The highest BCUT2D eigenvalue weighted by Crippen LogP contribution is 2.46. The van der Waals surface area contributed by atoms with Crippen molar-refractivity contribution in [1.82, 2.24) is 5.06 Å². The first-order chi connectivity index (χ1) is 10.2. The monoisotopic (exact) mass is 308 g/mol. The molecule has 22 heavy (non-hydrogen) atoms. The molecule has 0 amide bonds. The van der Waals surface area contributed by atoms with Crippen LogP contribution >= 0.6 is 0 Å². The highest BCUT2D eigenvalue weighted by Gasteiger charge is 2.59. The molecule has 0 spiro atoms. The van der Waals surface area contributed by atoms with Crippen LogP contribution in [0.15, 0.2) is 24.3 Å². The average Bonchev–Trinajstić information content (AvgIpc) is 3.01. The second-order valence-corrected chi connectivity index (χ2v) is 6.81. The first kappa shape index (κ1) is 15.4. The summed E-state index contributed by atoms with van der Waals surface area (Å²) in [7, 11) is 0. The minimum atomic E-state index is -1.52. The number of hydroxylamine groups is 2. The van der Waals surface area contributed by atoms with E-state index in [1.807, 2.05) is 20.8 Å². The lowest BCUT2D eigenvalue weighted by atomic mass is 9.90. The summed E-state index contributed by atoms with van der Waals surface area (Å²) in [5.41, 5.74) is 0.199. The highest BCUT2D eigenvalue weighted by atomic mass is 16.7. The quantitative estimate of drug-likeness (QED) is 0.662. The number of rotatable bonds is 2. The van der Waals surface area contributed by atoms with E-state index in [1.165, 1.54) is 12.1 Å². The van der Waals surface area contributed by atoms with Crippen LogP contribution in [0.4, 0.5) is 5.69 Å². The lowest BCUT2D eigenvalue weighted by Gasteiger charge is -2.40. The number of nitro groups is 1. The van der Waals surface area contributed by atoms with E-state index in [-0.39, 0.29) is 23.2 Å². The summed E-state index contributed by atoms with van der Waals surface area (Å²) in [5.74, 6) is -1.46. The average molecular weight is 308 g/mol. The predicted molar refractivity (Wildman–Crippen MR) is 77.8 cm³/mol. The second kappa shape index (κ2) is 4.99. The van der Waals surface area contributed by atoms with Crippen molar-refractivity contribution in [3.63, 3.8) is 0 Å². The van der Waals surface area contributed by atoms with Gasteiger partial charge in [0.25, 0.3) is 5.69 Å². The molecule has 2 aliphatic heterocycles. The van der Waals surface area contributed by atoms with E-state index in [1.54, 1.807) is 17.2 Å². The maximum Gasteiger partial charge on any atom is 0.269 e. The van der Waals surface area contributed by atoms with Crippen LogP contribution in [0.25, 0.3) is 0 Å². The van der Waals surface area contributed by atoms with Crippen molar-refractivity contribution in [2.45, 2.75) is 38.1 Å². The van der Waals surface area contributed by atoms with Gasteiger partial charge in [-0.3, -0.25) is 15.0 Å². The molecule has 0 unspecified atom stereocenters. The number of nitrogens with zero attached hydrogens (tertiary/aromatic N) is 2. The lowest BCUT2D eigenvalue weighted by Crippen LogP contribution is -2.53. The Labute approximate surface area is 128 Å². The van der Waals surface area contributed by atoms with Crippen LogP contribution in [-0.4, -0.2) is 39.9 Å². The summed E-state index contributed by atoms with van der Waals surface area (Å²) >= 11 is 0. The number of ether oxygens (including phenoxy) is 1. The number of fused-ring (bicyclic) bond motifs is 1. The van der Waals surface area contributed by atoms with E-state index in [0.717, 1.165) is 0 Å². The van der Waals surface area contributed by atoms with Gasteiger partial charge in [0.2, 0.25) is 5.79 Å². The minimum Gasteiger partial charge on any atom is -0.360 e. The summed E-state index contributed by atoms with van der Waals surface area (Å²) < 4.78 is 5.68. The van der Waals surface area contributed by atoms with E-state index in [4.69, 9.17) is 9.57 Å². The Hall–Kier alpha value is -1.54. The van der Waals surface area contributed by atoms with Crippen molar-refractivity contribution >= 4 is 5.69 Å². The van der Waals surface area contributed by atoms with Crippen LogP contribution < -0.4 is 0 Å². The molecule has 3 atom stereocenters. The Morgan fingerprint density at radius 1 is 1.32 bits per heavy atom. The highest BCUT2D eigenvalue weighted by molar-refractivity contribution is 5.36. The molecule has 0 aromatic heterocycles. The molecule has 7 nitrogen and oxygen atoms in total. The Morgan fingerprint density at radius 2 is 1.95 bits per heavy atom. The Kier molecular flexibility index (Phi) is 3.48. The van der Waals surface area contributed by atoms with Crippen LogP contribution in [0.3, 0.4) is 0 Å². The molecule has 0 aliphatic carbocycles. The minimum absolute atomic E-state index is 0.0164.